The van der Waals surface area contributed by atoms with Crippen LogP contribution in [0.3, 0.4) is 0 Å². The van der Waals surface area contributed by atoms with E-state index in [-0.39, 0.29) is 17.4 Å². The van der Waals surface area contributed by atoms with Gasteiger partial charge in [0.05, 0.1) is 0 Å². The zero-order valence-electron chi connectivity index (χ0n) is 3.39. The van der Waals surface area contributed by atoms with Gasteiger partial charge in [-0.15, -0.1) is 0 Å². The van der Waals surface area contributed by atoms with E-state index in [9.17, 15) is 0 Å². The number of hydrogen-bond acceptors (Lipinski definition) is 0. The van der Waals surface area contributed by atoms with Crippen LogP contribution in [0, 0.1) is 0 Å². The van der Waals surface area contributed by atoms with E-state index in [1.54, 1.807) is 0 Å². The van der Waals surface area contributed by atoms with Crippen molar-refractivity contribution in [2.24, 2.45) is 0 Å². The van der Waals surface area contributed by atoms with Gasteiger partial charge in [0, 0.05) is 12.4 Å². The first-order chi connectivity index (χ1) is 2.50. The Bertz CT molecular complexity index is 64.0. The molecule has 2 heteroatoms. The van der Waals surface area contributed by atoms with Gasteiger partial charge in [-0.25, -0.2) is 0 Å². The number of aromatic amines is 1. The van der Waals surface area contributed by atoms with E-state index in [4.69, 9.17) is 0 Å². The molecule has 0 saturated heterocycles. The normalized spacial score (nSPS) is 6.67. The summed E-state index contributed by atoms with van der Waals surface area (Å²) >= 11 is 0. The fraction of sp³-hybridized carbons (Fsp3) is 0. The molecule has 0 unspecified atom stereocenters. The Labute approximate surface area is 47.5 Å². The van der Waals surface area contributed by atoms with Crippen LogP contribution < -0.4 is 0 Å². The van der Waals surface area contributed by atoms with Crippen LogP contribution in [-0.4, -0.2) is 22.3 Å². The maximum Gasteiger partial charge on any atom is 3.00 e. The molecule has 1 N–H and O–H groups in total. The summed E-state index contributed by atoms with van der Waals surface area (Å²) in [5, 5.41) is 0. The molecular formula is C4H5AlN+3. The van der Waals surface area contributed by atoms with E-state index < -0.39 is 0 Å². The van der Waals surface area contributed by atoms with Crippen LogP contribution in [-0.2, 0) is 0 Å². The van der Waals surface area contributed by atoms with Gasteiger partial charge in [0.15, 0.2) is 0 Å². The average Bonchev–Trinajstić information content (AvgIpc) is 1.76. The standard InChI is InChI=1S/C4H5N.Al/c1-2-4-5-3-1;/h1-5H;/q;+3. The topological polar surface area (TPSA) is 15.8 Å². The van der Waals surface area contributed by atoms with Crippen LogP contribution in [0.1, 0.15) is 0 Å². The molecule has 1 nitrogen and oxygen atoms in total. The van der Waals surface area contributed by atoms with E-state index in [0.717, 1.165) is 0 Å². The van der Waals surface area contributed by atoms with Crippen LogP contribution >= 0.6 is 0 Å². The summed E-state index contributed by atoms with van der Waals surface area (Å²) in [5.41, 5.74) is 0. The molecule has 0 amide bonds. The average molecular weight is 94.1 g/mol. The smallest absolute Gasteiger partial charge is 0.368 e. The van der Waals surface area contributed by atoms with Gasteiger partial charge in [-0.3, -0.25) is 0 Å². The van der Waals surface area contributed by atoms with Gasteiger partial charge in [-0.1, -0.05) is 0 Å². The van der Waals surface area contributed by atoms with Crippen molar-refractivity contribution < 1.29 is 0 Å². The molecule has 0 atom stereocenters. The van der Waals surface area contributed by atoms with Crippen molar-refractivity contribution >= 4 is 17.4 Å². The fourth-order valence-corrected chi connectivity index (χ4v) is 0.278. The van der Waals surface area contributed by atoms with E-state index in [0.29, 0.717) is 0 Å². The summed E-state index contributed by atoms with van der Waals surface area (Å²) in [7, 11) is 0. The van der Waals surface area contributed by atoms with Crippen LogP contribution in [0.15, 0.2) is 24.5 Å². The first kappa shape index (κ1) is 5.81. The Morgan fingerprint density at radius 1 is 1.00 bits per heavy atom. The number of aromatic nitrogens is 1. The van der Waals surface area contributed by atoms with Crippen molar-refractivity contribution in [2.75, 3.05) is 0 Å². The molecule has 1 aromatic rings. The number of H-pyrrole nitrogens is 1. The second-order valence-corrected chi connectivity index (χ2v) is 0.885. The summed E-state index contributed by atoms with van der Waals surface area (Å²) in [5.74, 6) is 0. The maximum atomic E-state index is 2.86. The molecule has 26 valence electrons. The summed E-state index contributed by atoms with van der Waals surface area (Å²) in [6.45, 7) is 0. The molecule has 1 aromatic heterocycles. The molecule has 0 spiro atoms. The molecule has 1 rings (SSSR count). The summed E-state index contributed by atoms with van der Waals surface area (Å²) in [6.07, 6.45) is 3.75. The minimum Gasteiger partial charge on any atom is -0.368 e. The third kappa shape index (κ3) is 1.30. The Hall–Kier alpha value is -0.188. The second-order valence-electron chi connectivity index (χ2n) is 0.885. The molecule has 0 fully saturated rings. The summed E-state index contributed by atoms with van der Waals surface area (Å²) < 4.78 is 0. The third-order valence-corrected chi connectivity index (χ3v) is 0.496. The van der Waals surface area contributed by atoms with Crippen molar-refractivity contribution in [1.29, 1.82) is 0 Å². The van der Waals surface area contributed by atoms with Crippen LogP contribution in [0.5, 0.6) is 0 Å². The molecule has 0 bridgehead atoms. The quantitative estimate of drug-likeness (QED) is 0.454. The zero-order valence-corrected chi connectivity index (χ0v) is 4.54. The van der Waals surface area contributed by atoms with Gasteiger partial charge < -0.3 is 4.98 Å². The van der Waals surface area contributed by atoms with E-state index >= 15 is 0 Å². The molecule has 0 aromatic carbocycles. The van der Waals surface area contributed by atoms with Crippen LogP contribution in [0.2, 0.25) is 0 Å². The Morgan fingerprint density at radius 2 is 1.50 bits per heavy atom. The molecule has 0 aliphatic heterocycles. The first-order valence-electron chi connectivity index (χ1n) is 1.58. The van der Waals surface area contributed by atoms with Crippen molar-refractivity contribution in [1.82, 2.24) is 4.98 Å². The van der Waals surface area contributed by atoms with Crippen LogP contribution in [0.25, 0.3) is 0 Å². The minimum atomic E-state index is 0. The largest absolute Gasteiger partial charge is 3.00 e. The van der Waals surface area contributed by atoms with E-state index in [1.807, 2.05) is 24.5 Å². The van der Waals surface area contributed by atoms with Gasteiger partial charge in [0.1, 0.15) is 0 Å². The van der Waals surface area contributed by atoms with E-state index in [1.165, 1.54) is 0 Å². The Morgan fingerprint density at radius 3 is 1.67 bits per heavy atom. The Balaban J connectivity index is 0.000000250. The molecule has 6 heavy (non-hydrogen) atoms. The minimum absolute atomic E-state index is 0. The zero-order chi connectivity index (χ0) is 3.54. The fourth-order valence-electron chi connectivity index (χ4n) is 0.278. The Kier molecular flexibility index (Phi) is 2.93. The first-order valence-corrected chi connectivity index (χ1v) is 1.58. The monoisotopic (exact) mass is 94.0 g/mol. The molecule has 0 aliphatic carbocycles. The molecule has 0 radical (unpaired) electrons. The SMILES string of the molecule is [Al+3].c1cc[nH]c1. The summed E-state index contributed by atoms with van der Waals surface area (Å²) in [4.78, 5) is 2.86. The van der Waals surface area contributed by atoms with Gasteiger partial charge in [0.2, 0.25) is 0 Å². The number of nitrogens with one attached hydrogen (secondary N) is 1. The van der Waals surface area contributed by atoms with Crippen molar-refractivity contribution in [3.05, 3.63) is 24.5 Å². The van der Waals surface area contributed by atoms with Gasteiger partial charge in [-0.05, 0) is 12.1 Å². The van der Waals surface area contributed by atoms with Crippen molar-refractivity contribution in [3.63, 3.8) is 0 Å². The van der Waals surface area contributed by atoms with Crippen molar-refractivity contribution in [3.8, 4) is 0 Å². The molecular weight excluding hydrogens is 89.0 g/mol. The second kappa shape index (κ2) is 3.02. The molecule has 0 aliphatic rings. The third-order valence-electron chi connectivity index (χ3n) is 0.496. The van der Waals surface area contributed by atoms with Gasteiger partial charge in [0.25, 0.3) is 0 Å². The van der Waals surface area contributed by atoms with Crippen LogP contribution in [0.4, 0.5) is 0 Å². The van der Waals surface area contributed by atoms with Gasteiger partial charge in [-0.2, -0.15) is 0 Å². The van der Waals surface area contributed by atoms with Gasteiger partial charge >= 0.3 is 17.4 Å². The molecule has 0 saturated carbocycles. The number of hydrogen-bond donors (Lipinski definition) is 1. The van der Waals surface area contributed by atoms with Crippen molar-refractivity contribution in [2.45, 2.75) is 0 Å². The predicted octanol–water partition coefficient (Wildman–Crippen LogP) is 0.634. The molecule has 1 heterocycles. The van der Waals surface area contributed by atoms with E-state index in [2.05, 4.69) is 4.98 Å². The number of rotatable bonds is 0. The predicted molar refractivity (Wildman–Crippen MR) is 26.5 cm³/mol. The summed E-state index contributed by atoms with van der Waals surface area (Å²) in [6, 6.07) is 3.89. The maximum absolute atomic E-state index is 2.86.